The number of hydrogen-bond acceptors (Lipinski definition) is 3. The van der Waals surface area contributed by atoms with Gasteiger partial charge in [0.05, 0.1) is 10.1 Å². The van der Waals surface area contributed by atoms with Gasteiger partial charge < -0.3 is 4.55 Å². The first-order valence-corrected chi connectivity index (χ1v) is 10.9. The van der Waals surface area contributed by atoms with Crippen LogP contribution in [-0.2, 0) is 10.1 Å². The van der Waals surface area contributed by atoms with Crippen LogP contribution in [-0.4, -0.2) is 18.2 Å². The second-order valence-electron chi connectivity index (χ2n) is 6.58. The predicted molar refractivity (Wildman–Crippen MR) is 94.1 cm³/mol. The molecule has 0 heterocycles. The van der Waals surface area contributed by atoms with Crippen LogP contribution in [0.3, 0.4) is 0 Å². The van der Waals surface area contributed by atoms with Crippen molar-refractivity contribution >= 4 is 10.1 Å². The standard InChI is InChI=1S/C18H38O3S.Na/c1-3-5-6-7-8-9-10-11-12-13-14-15-17-18(16-4-2)22(19,20)21;/h18H,3-17H2,1-2H3,(H,19,20,21);/q;+1/p-1. The molecule has 0 fully saturated rings. The molecule has 0 bridgehead atoms. The second kappa shape index (κ2) is 17.7. The SMILES string of the molecule is CCCCCCCCCCCCCCC(CCC)S(=O)(=O)[O-].[Na+]. The van der Waals surface area contributed by atoms with Gasteiger partial charge >= 0.3 is 29.6 Å². The van der Waals surface area contributed by atoms with Crippen LogP contribution in [0.5, 0.6) is 0 Å². The van der Waals surface area contributed by atoms with Crippen LogP contribution >= 0.6 is 0 Å². The summed E-state index contributed by atoms with van der Waals surface area (Å²) in [7, 11) is -4.09. The zero-order valence-electron chi connectivity index (χ0n) is 15.8. The molecular weight excluding hydrogens is 319 g/mol. The number of unbranched alkanes of at least 4 members (excludes halogenated alkanes) is 11. The quantitative estimate of drug-likeness (QED) is 0.243. The Bertz CT molecular complexity index is 331. The minimum absolute atomic E-state index is 0. The first-order chi connectivity index (χ1) is 10.5. The van der Waals surface area contributed by atoms with E-state index in [4.69, 9.17) is 0 Å². The summed E-state index contributed by atoms with van der Waals surface area (Å²) in [6, 6.07) is 0. The summed E-state index contributed by atoms with van der Waals surface area (Å²) in [4.78, 5) is 0. The molecule has 0 saturated heterocycles. The van der Waals surface area contributed by atoms with E-state index in [9.17, 15) is 13.0 Å². The van der Waals surface area contributed by atoms with Crippen LogP contribution in [0.2, 0.25) is 0 Å². The van der Waals surface area contributed by atoms with Crippen molar-refractivity contribution in [2.75, 3.05) is 0 Å². The summed E-state index contributed by atoms with van der Waals surface area (Å²) in [5, 5.41) is -0.652. The molecule has 23 heavy (non-hydrogen) atoms. The van der Waals surface area contributed by atoms with Gasteiger partial charge in [0.25, 0.3) is 0 Å². The van der Waals surface area contributed by atoms with Gasteiger partial charge in [-0.3, -0.25) is 0 Å². The average Bonchev–Trinajstić information content (AvgIpc) is 2.46. The van der Waals surface area contributed by atoms with Crippen LogP contribution in [0.15, 0.2) is 0 Å². The maximum absolute atomic E-state index is 11.1. The first kappa shape index (κ1) is 26.1. The summed E-state index contributed by atoms with van der Waals surface area (Å²) in [6.45, 7) is 4.18. The molecular formula is C18H37NaO3S. The molecule has 0 N–H and O–H groups in total. The van der Waals surface area contributed by atoms with E-state index >= 15 is 0 Å². The van der Waals surface area contributed by atoms with E-state index in [0.717, 1.165) is 19.3 Å². The molecule has 134 valence electrons. The fourth-order valence-electron chi connectivity index (χ4n) is 2.97. The minimum atomic E-state index is -4.09. The van der Waals surface area contributed by atoms with E-state index in [-0.39, 0.29) is 29.6 Å². The van der Waals surface area contributed by atoms with E-state index < -0.39 is 15.4 Å². The van der Waals surface area contributed by atoms with Gasteiger partial charge in [0.15, 0.2) is 0 Å². The average molecular weight is 357 g/mol. The Balaban J connectivity index is 0. The van der Waals surface area contributed by atoms with Gasteiger partial charge in [-0.15, -0.1) is 0 Å². The fraction of sp³-hybridized carbons (Fsp3) is 1.00. The normalized spacial score (nSPS) is 12.8. The van der Waals surface area contributed by atoms with Crippen molar-refractivity contribution in [1.29, 1.82) is 0 Å². The maximum atomic E-state index is 11.1. The Hall–Kier alpha value is 0.910. The summed E-state index contributed by atoms with van der Waals surface area (Å²) >= 11 is 0. The topological polar surface area (TPSA) is 57.2 Å². The molecule has 1 atom stereocenters. The van der Waals surface area contributed by atoms with Crippen LogP contribution in [0.1, 0.15) is 110 Å². The van der Waals surface area contributed by atoms with Crippen molar-refractivity contribution in [2.24, 2.45) is 0 Å². The smallest absolute Gasteiger partial charge is 0.748 e. The molecule has 0 radical (unpaired) electrons. The van der Waals surface area contributed by atoms with Crippen LogP contribution in [0, 0.1) is 0 Å². The van der Waals surface area contributed by atoms with Crippen LogP contribution in [0.25, 0.3) is 0 Å². The Morgan fingerprint density at radius 1 is 0.652 bits per heavy atom. The van der Waals surface area contributed by atoms with Gasteiger partial charge in [-0.2, -0.15) is 0 Å². The molecule has 0 rings (SSSR count). The van der Waals surface area contributed by atoms with E-state index in [1.165, 1.54) is 64.2 Å². The number of hydrogen-bond donors (Lipinski definition) is 0. The van der Waals surface area contributed by atoms with Gasteiger partial charge in [-0.1, -0.05) is 97.3 Å². The van der Waals surface area contributed by atoms with Crippen molar-refractivity contribution in [1.82, 2.24) is 0 Å². The second-order valence-corrected chi connectivity index (χ2v) is 8.23. The van der Waals surface area contributed by atoms with E-state index in [2.05, 4.69) is 6.92 Å². The largest absolute Gasteiger partial charge is 1.00 e. The molecule has 0 aromatic heterocycles. The molecule has 0 aliphatic carbocycles. The van der Waals surface area contributed by atoms with Crippen LogP contribution in [0.4, 0.5) is 0 Å². The molecule has 0 aromatic rings. The first-order valence-electron chi connectivity index (χ1n) is 9.47. The predicted octanol–water partition coefficient (Wildman–Crippen LogP) is 2.80. The molecule has 0 spiro atoms. The van der Waals surface area contributed by atoms with Crippen molar-refractivity contribution in [3.05, 3.63) is 0 Å². The van der Waals surface area contributed by atoms with E-state index in [1.807, 2.05) is 6.92 Å². The molecule has 0 aliphatic heterocycles. The third-order valence-electron chi connectivity index (χ3n) is 4.40. The maximum Gasteiger partial charge on any atom is 1.00 e. The fourth-order valence-corrected chi connectivity index (χ4v) is 3.95. The van der Waals surface area contributed by atoms with Gasteiger partial charge in [0.2, 0.25) is 0 Å². The third-order valence-corrected chi connectivity index (χ3v) is 5.69. The Morgan fingerprint density at radius 2 is 1.04 bits per heavy atom. The molecule has 5 heteroatoms. The van der Waals surface area contributed by atoms with Crippen molar-refractivity contribution < 1.29 is 42.5 Å². The van der Waals surface area contributed by atoms with Crippen molar-refractivity contribution in [3.8, 4) is 0 Å². The van der Waals surface area contributed by atoms with E-state index in [1.54, 1.807) is 0 Å². The molecule has 0 saturated carbocycles. The molecule has 0 aromatic carbocycles. The third kappa shape index (κ3) is 17.5. The van der Waals surface area contributed by atoms with Crippen molar-refractivity contribution in [3.63, 3.8) is 0 Å². The molecule has 1 unspecified atom stereocenters. The summed E-state index contributed by atoms with van der Waals surface area (Å²) in [5.74, 6) is 0. The Morgan fingerprint density at radius 3 is 1.39 bits per heavy atom. The Labute approximate surface area is 167 Å². The monoisotopic (exact) mass is 356 g/mol. The van der Waals surface area contributed by atoms with Crippen molar-refractivity contribution in [2.45, 2.75) is 115 Å². The summed E-state index contributed by atoms with van der Waals surface area (Å²) < 4.78 is 33.3. The van der Waals surface area contributed by atoms with Gasteiger partial charge in [0.1, 0.15) is 0 Å². The van der Waals surface area contributed by atoms with E-state index in [0.29, 0.717) is 12.8 Å². The minimum Gasteiger partial charge on any atom is -0.748 e. The van der Waals surface area contributed by atoms with Gasteiger partial charge in [0, 0.05) is 5.25 Å². The van der Waals surface area contributed by atoms with Crippen LogP contribution < -0.4 is 29.6 Å². The summed E-state index contributed by atoms with van der Waals surface area (Å²) in [5.41, 5.74) is 0. The molecule has 0 aliphatic rings. The molecule has 0 amide bonds. The number of rotatable bonds is 16. The van der Waals surface area contributed by atoms with Gasteiger partial charge in [-0.25, -0.2) is 8.42 Å². The van der Waals surface area contributed by atoms with Gasteiger partial charge in [-0.05, 0) is 12.8 Å². The Kier molecular flexibility index (Phi) is 20.1. The molecule has 3 nitrogen and oxygen atoms in total. The zero-order chi connectivity index (χ0) is 16.7. The summed E-state index contributed by atoms with van der Waals surface area (Å²) in [6.07, 6.45) is 17.0. The zero-order valence-corrected chi connectivity index (χ0v) is 18.6.